The molecule has 0 heterocycles. The maximum Gasteiger partial charge on any atom is 0.411 e. The molecule has 2 amide bonds. The molecule has 1 saturated carbocycles. The zero-order chi connectivity index (χ0) is 17.0. The van der Waals surface area contributed by atoms with Gasteiger partial charge in [0.1, 0.15) is 12.7 Å². The Morgan fingerprint density at radius 2 is 2.04 bits per heavy atom. The molecule has 1 aromatic rings. The normalized spacial score (nSPS) is 15.8. The standard InChI is InChI=1S/C15H17F3N2O3/c1-9(23-8-15(16,17)18)13(21)20-12-4-2-3-10(7-12)14(22)19-11-5-6-11/h2-4,7,9,11H,5-6,8H2,1H3,(H,19,22)(H,20,21)/t9-/m1/s1. The molecule has 1 atom stereocenters. The molecule has 8 heteroatoms. The highest BCUT2D eigenvalue weighted by Crippen LogP contribution is 2.20. The highest BCUT2D eigenvalue weighted by molar-refractivity contribution is 5.98. The van der Waals surface area contributed by atoms with Crippen LogP contribution in [0.25, 0.3) is 0 Å². The number of carbonyl (C=O) groups excluding carboxylic acids is 2. The van der Waals surface area contributed by atoms with Crippen LogP contribution in [0.3, 0.4) is 0 Å². The van der Waals surface area contributed by atoms with Crippen LogP contribution in [0.5, 0.6) is 0 Å². The van der Waals surface area contributed by atoms with Crippen molar-refractivity contribution in [2.75, 3.05) is 11.9 Å². The monoisotopic (exact) mass is 330 g/mol. The Kier molecular flexibility index (Phi) is 5.25. The van der Waals surface area contributed by atoms with Crippen LogP contribution in [0.4, 0.5) is 18.9 Å². The number of ether oxygens (including phenoxy) is 1. The van der Waals surface area contributed by atoms with Gasteiger partial charge >= 0.3 is 6.18 Å². The fourth-order valence-electron chi connectivity index (χ4n) is 1.77. The number of alkyl halides is 3. The molecule has 0 spiro atoms. The number of nitrogens with one attached hydrogen (secondary N) is 2. The lowest BCUT2D eigenvalue weighted by Gasteiger charge is -2.15. The van der Waals surface area contributed by atoms with Crippen LogP contribution in [-0.2, 0) is 9.53 Å². The van der Waals surface area contributed by atoms with Crippen LogP contribution in [0.2, 0.25) is 0 Å². The molecule has 0 aromatic heterocycles. The molecule has 1 aliphatic rings. The first-order valence-electron chi connectivity index (χ1n) is 7.15. The first-order chi connectivity index (χ1) is 10.7. The number of rotatable bonds is 6. The fraction of sp³-hybridized carbons (Fsp3) is 0.467. The minimum atomic E-state index is -4.49. The summed E-state index contributed by atoms with van der Waals surface area (Å²) < 4.78 is 40.6. The molecule has 0 unspecified atom stereocenters. The molecular formula is C15H17F3N2O3. The second-order valence-corrected chi connectivity index (χ2v) is 5.39. The number of halogens is 3. The van der Waals surface area contributed by atoms with Crippen LogP contribution >= 0.6 is 0 Å². The van der Waals surface area contributed by atoms with E-state index in [1.54, 1.807) is 18.2 Å². The summed E-state index contributed by atoms with van der Waals surface area (Å²) in [6.07, 6.45) is -3.84. The van der Waals surface area contributed by atoms with Gasteiger partial charge in [-0.15, -0.1) is 0 Å². The molecule has 0 bridgehead atoms. The molecule has 1 fully saturated rings. The van der Waals surface area contributed by atoms with Crippen molar-refractivity contribution in [1.29, 1.82) is 0 Å². The van der Waals surface area contributed by atoms with Crippen LogP contribution < -0.4 is 10.6 Å². The molecule has 2 rings (SSSR count). The van der Waals surface area contributed by atoms with Gasteiger partial charge in [0.25, 0.3) is 11.8 Å². The quantitative estimate of drug-likeness (QED) is 0.842. The predicted molar refractivity (Wildman–Crippen MR) is 77.0 cm³/mol. The third kappa shape index (κ3) is 5.90. The fourth-order valence-corrected chi connectivity index (χ4v) is 1.77. The summed E-state index contributed by atoms with van der Waals surface area (Å²) in [5.41, 5.74) is 0.694. The average molecular weight is 330 g/mol. The maximum atomic E-state index is 12.1. The van der Waals surface area contributed by atoms with Crippen molar-refractivity contribution in [3.05, 3.63) is 29.8 Å². The van der Waals surface area contributed by atoms with E-state index in [0.29, 0.717) is 11.3 Å². The molecule has 0 saturated heterocycles. The van der Waals surface area contributed by atoms with Crippen molar-refractivity contribution in [2.45, 2.75) is 38.1 Å². The van der Waals surface area contributed by atoms with E-state index in [4.69, 9.17) is 0 Å². The smallest absolute Gasteiger partial charge is 0.359 e. The molecule has 0 radical (unpaired) electrons. The van der Waals surface area contributed by atoms with Crippen LogP contribution in [0.15, 0.2) is 24.3 Å². The topological polar surface area (TPSA) is 67.4 Å². The molecule has 126 valence electrons. The molecule has 23 heavy (non-hydrogen) atoms. The zero-order valence-electron chi connectivity index (χ0n) is 12.4. The van der Waals surface area contributed by atoms with E-state index < -0.39 is 24.8 Å². The average Bonchev–Trinajstić information content (AvgIpc) is 3.28. The number of hydrogen-bond acceptors (Lipinski definition) is 3. The minimum absolute atomic E-state index is 0.205. The number of carbonyl (C=O) groups is 2. The van der Waals surface area contributed by atoms with Gasteiger partial charge in [-0.1, -0.05) is 6.07 Å². The van der Waals surface area contributed by atoms with E-state index in [0.717, 1.165) is 12.8 Å². The Labute approximate surface area is 131 Å². The summed E-state index contributed by atoms with van der Waals surface area (Å²) in [7, 11) is 0. The highest BCUT2D eigenvalue weighted by atomic mass is 19.4. The van der Waals surface area contributed by atoms with Crippen LogP contribution in [0, 0.1) is 0 Å². The maximum absolute atomic E-state index is 12.1. The summed E-state index contributed by atoms with van der Waals surface area (Å²) in [5.74, 6) is -0.959. The Morgan fingerprint density at radius 3 is 2.65 bits per heavy atom. The minimum Gasteiger partial charge on any atom is -0.359 e. The number of hydrogen-bond donors (Lipinski definition) is 2. The molecule has 0 aliphatic heterocycles. The number of benzene rings is 1. The van der Waals surface area contributed by atoms with Gasteiger partial charge in [-0.05, 0) is 38.0 Å². The van der Waals surface area contributed by atoms with Crippen molar-refractivity contribution in [2.24, 2.45) is 0 Å². The first kappa shape index (κ1) is 17.3. The Hall–Kier alpha value is -2.09. The van der Waals surface area contributed by atoms with Crippen molar-refractivity contribution < 1.29 is 27.5 Å². The van der Waals surface area contributed by atoms with Crippen molar-refractivity contribution >= 4 is 17.5 Å². The van der Waals surface area contributed by atoms with E-state index in [9.17, 15) is 22.8 Å². The van der Waals surface area contributed by atoms with Crippen LogP contribution in [-0.4, -0.2) is 36.7 Å². The zero-order valence-corrected chi connectivity index (χ0v) is 12.4. The van der Waals surface area contributed by atoms with Gasteiger partial charge in [-0.25, -0.2) is 0 Å². The van der Waals surface area contributed by atoms with Gasteiger partial charge in [-0.3, -0.25) is 9.59 Å². The van der Waals surface area contributed by atoms with Gasteiger partial charge in [0.05, 0.1) is 0 Å². The third-order valence-electron chi connectivity index (χ3n) is 3.17. The van der Waals surface area contributed by atoms with Crippen LogP contribution in [0.1, 0.15) is 30.1 Å². The lowest BCUT2D eigenvalue weighted by Crippen LogP contribution is -2.31. The molecule has 1 aromatic carbocycles. The van der Waals surface area contributed by atoms with E-state index in [-0.39, 0.29) is 11.9 Å². The van der Waals surface area contributed by atoms with Crippen molar-refractivity contribution in [3.63, 3.8) is 0 Å². The SMILES string of the molecule is C[C@@H](OCC(F)(F)F)C(=O)Nc1cccc(C(=O)NC2CC2)c1. The van der Waals surface area contributed by atoms with E-state index in [1.165, 1.54) is 13.0 Å². The summed E-state index contributed by atoms with van der Waals surface area (Å²) >= 11 is 0. The first-order valence-corrected chi connectivity index (χ1v) is 7.15. The van der Waals surface area contributed by atoms with Gasteiger partial charge in [-0.2, -0.15) is 13.2 Å². The lowest BCUT2D eigenvalue weighted by molar-refractivity contribution is -0.184. The second-order valence-electron chi connectivity index (χ2n) is 5.39. The molecule has 1 aliphatic carbocycles. The van der Waals surface area contributed by atoms with Gasteiger partial charge in [0.2, 0.25) is 0 Å². The van der Waals surface area contributed by atoms with E-state index >= 15 is 0 Å². The van der Waals surface area contributed by atoms with Gasteiger partial charge in [0, 0.05) is 17.3 Å². The summed E-state index contributed by atoms with van der Waals surface area (Å²) in [4.78, 5) is 23.7. The van der Waals surface area contributed by atoms with Gasteiger partial charge in [0.15, 0.2) is 0 Å². The van der Waals surface area contributed by atoms with E-state index in [2.05, 4.69) is 15.4 Å². The Bertz CT molecular complexity index is 586. The highest BCUT2D eigenvalue weighted by Gasteiger charge is 2.30. The number of amides is 2. The molecule has 2 N–H and O–H groups in total. The van der Waals surface area contributed by atoms with E-state index in [1.807, 2.05) is 0 Å². The largest absolute Gasteiger partial charge is 0.411 e. The molecular weight excluding hydrogens is 313 g/mol. The lowest BCUT2D eigenvalue weighted by atomic mass is 10.2. The van der Waals surface area contributed by atoms with Gasteiger partial charge < -0.3 is 15.4 Å². The Morgan fingerprint density at radius 1 is 1.35 bits per heavy atom. The summed E-state index contributed by atoms with van der Waals surface area (Å²) in [6, 6.07) is 6.39. The van der Waals surface area contributed by atoms with Crippen molar-refractivity contribution in [1.82, 2.24) is 5.32 Å². The second kappa shape index (κ2) is 6.99. The summed E-state index contributed by atoms with van der Waals surface area (Å²) in [6.45, 7) is -0.268. The molecule has 5 nitrogen and oxygen atoms in total. The third-order valence-corrected chi connectivity index (χ3v) is 3.17. The number of anilines is 1. The van der Waals surface area contributed by atoms with Crippen molar-refractivity contribution in [3.8, 4) is 0 Å². The summed E-state index contributed by atoms with van der Waals surface area (Å²) in [5, 5.41) is 5.24. The Balaban J connectivity index is 1.91. The predicted octanol–water partition coefficient (Wildman–Crippen LogP) is 2.48.